The fourth-order valence-corrected chi connectivity index (χ4v) is 2.04. The van der Waals surface area contributed by atoms with Crippen LogP contribution in [0.5, 0.6) is 5.88 Å². The second-order valence-corrected chi connectivity index (χ2v) is 5.37. The minimum Gasteiger partial charge on any atom is -0.475 e. The average molecular weight is 263 g/mol. The highest BCUT2D eigenvalue weighted by Crippen LogP contribution is 2.39. The van der Waals surface area contributed by atoms with Crippen LogP contribution < -0.4 is 10.1 Å². The van der Waals surface area contributed by atoms with Crippen molar-refractivity contribution in [2.75, 3.05) is 11.9 Å². The van der Waals surface area contributed by atoms with Crippen LogP contribution in [0.1, 0.15) is 64.6 Å². The summed E-state index contributed by atoms with van der Waals surface area (Å²) in [5, 5.41) is 3.33. The number of ether oxygens (including phenoxy) is 1. The van der Waals surface area contributed by atoms with Crippen molar-refractivity contribution in [3.63, 3.8) is 0 Å². The topological polar surface area (TPSA) is 47.0 Å². The summed E-state index contributed by atoms with van der Waals surface area (Å²) in [4.78, 5) is 9.14. The minimum atomic E-state index is 0.214. The van der Waals surface area contributed by atoms with Gasteiger partial charge < -0.3 is 10.1 Å². The number of hydrogen-bond acceptors (Lipinski definition) is 4. The molecule has 0 aliphatic heterocycles. The molecule has 1 heterocycles. The first-order valence-electron chi connectivity index (χ1n) is 7.52. The van der Waals surface area contributed by atoms with Crippen molar-refractivity contribution in [1.82, 2.24) is 9.97 Å². The highest BCUT2D eigenvalue weighted by molar-refractivity contribution is 5.39. The van der Waals surface area contributed by atoms with Gasteiger partial charge in [0.1, 0.15) is 11.6 Å². The van der Waals surface area contributed by atoms with Gasteiger partial charge in [0.05, 0.1) is 6.10 Å². The van der Waals surface area contributed by atoms with Gasteiger partial charge in [-0.1, -0.05) is 20.3 Å². The SMILES string of the molecule is CCCNc1cc(OC(C)CCC)nc(C2CC2)n1. The maximum absolute atomic E-state index is 5.90. The zero-order valence-corrected chi connectivity index (χ0v) is 12.3. The van der Waals surface area contributed by atoms with Crippen LogP contribution >= 0.6 is 0 Å². The van der Waals surface area contributed by atoms with Crippen molar-refractivity contribution >= 4 is 5.82 Å². The van der Waals surface area contributed by atoms with Gasteiger partial charge in [-0.25, -0.2) is 4.98 Å². The summed E-state index contributed by atoms with van der Waals surface area (Å²) >= 11 is 0. The third kappa shape index (κ3) is 4.37. The molecule has 1 unspecified atom stereocenters. The summed E-state index contributed by atoms with van der Waals surface area (Å²) in [6.07, 6.45) is 5.91. The number of rotatable bonds is 8. The third-order valence-electron chi connectivity index (χ3n) is 3.24. The van der Waals surface area contributed by atoms with Gasteiger partial charge in [-0.05, 0) is 32.6 Å². The Morgan fingerprint density at radius 1 is 1.32 bits per heavy atom. The van der Waals surface area contributed by atoms with E-state index in [2.05, 4.69) is 36.1 Å². The Balaban J connectivity index is 2.09. The molecule has 4 nitrogen and oxygen atoms in total. The van der Waals surface area contributed by atoms with E-state index in [1.807, 2.05) is 6.07 Å². The molecular weight excluding hydrogens is 238 g/mol. The molecule has 19 heavy (non-hydrogen) atoms. The molecule has 106 valence electrons. The van der Waals surface area contributed by atoms with Gasteiger partial charge in [0.15, 0.2) is 0 Å². The van der Waals surface area contributed by atoms with Crippen molar-refractivity contribution in [1.29, 1.82) is 0 Å². The maximum Gasteiger partial charge on any atom is 0.218 e. The van der Waals surface area contributed by atoms with Crippen molar-refractivity contribution < 1.29 is 4.74 Å². The molecule has 1 N–H and O–H groups in total. The van der Waals surface area contributed by atoms with E-state index in [0.29, 0.717) is 5.92 Å². The van der Waals surface area contributed by atoms with Crippen LogP contribution in [0.15, 0.2) is 6.07 Å². The van der Waals surface area contributed by atoms with Crippen molar-refractivity contribution in [2.45, 2.75) is 64.9 Å². The molecule has 0 amide bonds. The first kappa shape index (κ1) is 14.1. The summed E-state index contributed by atoms with van der Waals surface area (Å²) in [5.74, 6) is 3.11. The van der Waals surface area contributed by atoms with Crippen LogP contribution in [0.3, 0.4) is 0 Å². The Kier molecular flexibility index (Phi) is 5.00. The van der Waals surface area contributed by atoms with Gasteiger partial charge in [0.2, 0.25) is 5.88 Å². The molecule has 0 bridgehead atoms. The van der Waals surface area contributed by atoms with Gasteiger partial charge >= 0.3 is 0 Å². The molecular formula is C15H25N3O. The third-order valence-corrected chi connectivity index (χ3v) is 3.24. The lowest BCUT2D eigenvalue weighted by Crippen LogP contribution is -2.13. The van der Waals surface area contributed by atoms with Gasteiger partial charge in [-0.3, -0.25) is 0 Å². The molecule has 1 saturated carbocycles. The average Bonchev–Trinajstić information content (AvgIpc) is 3.20. The van der Waals surface area contributed by atoms with Gasteiger partial charge in [-0.2, -0.15) is 4.98 Å². The molecule has 1 aliphatic rings. The minimum absolute atomic E-state index is 0.214. The fourth-order valence-electron chi connectivity index (χ4n) is 2.04. The lowest BCUT2D eigenvalue weighted by atomic mass is 10.2. The van der Waals surface area contributed by atoms with Gasteiger partial charge in [0.25, 0.3) is 0 Å². The van der Waals surface area contributed by atoms with E-state index in [9.17, 15) is 0 Å². The maximum atomic E-state index is 5.90. The molecule has 1 aromatic heterocycles. The van der Waals surface area contributed by atoms with E-state index in [1.54, 1.807) is 0 Å². The standard InChI is InChI=1S/C15H25N3O/c1-4-6-11(3)19-14-10-13(16-9-5-2)17-15(18-14)12-7-8-12/h10-12H,4-9H2,1-3H3,(H,16,17,18). The van der Waals surface area contributed by atoms with Crippen molar-refractivity contribution in [3.8, 4) is 5.88 Å². The smallest absolute Gasteiger partial charge is 0.218 e. The normalized spacial score (nSPS) is 16.2. The monoisotopic (exact) mass is 263 g/mol. The number of aromatic nitrogens is 2. The Morgan fingerprint density at radius 2 is 2.11 bits per heavy atom. The van der Waals surface area contributed by atoms with Crippen LogP contribution in [-0.2, 0) is 0 Å². The first-order chi connectivity index (χ1) is 9.22. The van der Waals surface area contributed by atoms with Crippen LogP contribution in [-0.4, -0.2) is 22.6 Å². The summed E-state index contributed by atoms with van der Waals surface area (Å²) in [5.41, 5.74) is 0. The number of nitrogens with one attached hydrogen (secondary N) is 1. The predicted molar refractivity (Wildman–Crippen MR) is 77.8 cm³/mol. The van der Waals surface area contributed by atoms with E-state index in [0.717, 1.165) is 43.3 Å². The summed E-state index contributed by atoms with van der Waals surface area (Å²) in [7, 11) is 0. The molecule has 0 radical (unpaired) electrons. The second kappa shape index (κ2) is 6.73. The predicted octanol–water partition coefficient (Wildman–Crippen LogP) is 3.74. The lowest BCUT2D eigenvalue weighted by Gasteiger charge is -2.15. The largest absolute Gasteiger partial charge is 0.475 e. The van der Waals surface area contributed by atoms with E-state index in [4.69, 9.17) is 4.74 Å². The number of hydrogen-bond donors (Lipinski definition) is 1. The zero-order chi connectivity index (χ0) is 13.7. The molecule has 1 atom stereocenters. The summed E-state index contributed by atoms with van der Waals surface area (Å²) in [6, 6.07) is 1.92. The van der Waals surface area contributed by atoms with E-state index in [-0.39, 0.29) is 6.10 Å². The van der Waals surface area contributed by atoms with Crippen LogP contribution in [0.4, 0.5) is 5.82 Å². The van der Waals surface area contributed by atoms with Crippen LogP contribution in [0.25, 0.3) is 0 Å². The Bertz CT molecular complexity index is 404. The van der Waals surface area contributed by atoms with Crippen LogP contribution in [0.2, 0.25) is 0 Å². The molecule has 1 aromatic rings. The quantitative estimate of drug-likeness (QED) is 0.776. The van der Waals surface area contributed by atoms with E-state index < -0.39 is 0 Å². The van der Waals surface area contributed by atoms with Crippen molar-refractivity contribution in [2.24, 2.45) is 0 Å². The number of anilines is 1. The molecule has 0 spiro atoms. The summed E-state index contributed by atoms with van der Waals surface area (Å²) < 4.78 is 5.90. The fraction of sp³-hybridized carbons (Fsp3) is 0.733. The zero-order valence-electron chi connectivity index (χ0n) is 12.3. The molecule has 0 aromatic carbocycles. The van der Waals surface area contributed by atoms with E-state index in [1.165, 1.54) is 12.8 Å². The van der Waals surface area contributed by atoms with E-state index >= 15 is 0 Å². The molecule has 1 aliphatic carbocycles. The number of nitrogens with zero attached hydrogens (tertiary/aromatic N) is 2. The van der Waals surface area contributed by atoms with Crippen molar-refractivity contribution in [3.05, 3.63) is 11.9 Å². The summed E-state index contributed by atoms with van der Waals surface area (Å²) in [6.45, 7) is 7.35. The Hall–Kier alpha value is -1.32. The highest BCUT2D eigenvalue weighted by Gasteiger charge is 2.27. The van der Waals surface area contributed by atoms with Gasteiger partial charge in [0, 0.05) is 18.5 Å². The molecule has 0 saturated heterocycles. The molecule has 1 fully saturated rings. The molecule has 2 rings (SSSR count). The highest BCUT2D eigenvalue weighted by atomic mass is 16.5. The molecule has 4 heteroatoms. The lowest BCUT2D eigenvalue weighted by molar-refractivity contribution is 0.200. The Morgan fingerprint density at radius 3 is 2.74 bits per heavy atom. The van der Waals surface area contributed by atoms with Crippen LogP contribution in [0, 0.1) is 0 Å². The first-order valence-corrected chi connectivity index (χ1v) is 7.52. The van der Waals surface area contributed by atoms with Gasteiger partial charge in [-0.15, -0.1) is 0 Å². The second-order valence-electron chi connectivity index (χ2n) is 5.37. The Labute approximate surface area is 116 Å².